The van der Waals surface area contributed by atoms with E-state index in [1.807, 2.05) is 0 Å². The van der Waals surface area contributed by atoms with Crippen LogP contribution in [0.25, 0.3) is 0 Å². The molecule has 2 amide bonds. The molecule has 2 aromatic carbocycles. The van der Waals surface area contributed by atoms with E-state index in [4.69, 9.17) is 24.7 Å². The zero-order valence-corrected chi connectivity index (χ0v) is 17.3. The van der Waals surface area contributed by atoms with Gasteiger partial charge in [-0.05, 0) is 36.4 Å². The lowest BCUT2D eigenvalue weighted by molar-refractivity contribution is -0.133. The van der Waals surface area contributed by atoms with Crippen molar-refractivity contribution >= 4 is 17.8 Å². The van der Waals surface area contributed by atoms with E-state index in [2.05, 4.69) is 0 Å². The number of rotatable bonds is 9. The molecule has 0 spiro atoms. The van der Waals surface area contributed by atoms with E-state index < -0.39 is 24.4 Å². The zero-order chi connectivity index (χ0) is 22.3. The summed E-state index contributed by atoms with van der Waals surface area (Å²) in [6, 6.07) is 9.11. The van der Waals surface area contributed by atoms with Crippen molar-refractivity contribution in [1.82, 2.24) is 4.90 Å². The maximum atomic E-state index is 12.4. The number of benzene rings is 2. The molecule has 0 fully saturated rings. The van der Waals surface area contributed by atoms with E-state index in [0.29, 0.717) is 22.8 Å². The Hall–Kier alpha value is -3.75. The molecule has 0 unspecified atom stereocenters. The average molecular weight is 416 g/mol. The molecule has 0 saturated carbocycles. The Bertz CT molecular complexity index is 926. The monoisotopic (exact) mass is 416 g/mol. The molecule has 0 aliphatic heterocycles. The number of hydrogen-bond donors (Lipinski definition) is 1. The molecule has 9 nitrogen and oxygen atoms in total. The Balaban J connectivity index is 2.01. The van der Waals surface area contributed by atoms with Gasteiger partial charge in [0.1, 0.15) is 0 Å². The predicted molar refractivity (Wildman–Crippen MR) is 108 cm³/mol. The molecule has 0 aliphatic rings. The number of primary amides is 1. The van der Waals surface area contributed by atoms with Crippen molar-refractivity contribution < 1.29 is 33.3 Å². The molecule has 0 aromatic heterocycles. The number of hydrogen-bond acceptors (Lipinski definition) is 7. The molecule has 0 radical (unpaired) electrons. The van der Waals surface area contributed by atoms with Crippen LogP contribution in [-0.2, 0) is 16.1 Å². The summed E-state index contributed by atoms with van der Waals surface area (Å²) in [5.41, 5.74) is 6.33. The fourth-order valence-corrected chi connectivity index (χ4v) is 2.72. The first-order chi connectivity index (χ1) is 14.3. The summed E-state index contributed by atoms with van der Waals surface area (Å²) in [7, 11) is 6.08. The van der Waals surface area contributed by atoms with E-state index in [1.165, 1.54) is 50.5 Å². The highest BCUT2D eigenvalue weighted by atomic mass is 16.5. The highest BCUT2D eigenvalue weighted by Crippen LogP contribution is 2.40. The molecule has 2 rings (SSSR count). The number of nitrogens with two attached hydrogens (primary N) is 1. The summed E-state index contributed by atoms with van der Waals surface area (Å²) in [4.78, 5) is 37.0. The zero-order valence-electron chi connectivity index (χ0n) is 17.3. The maximum Gasteiger partial charge on any atom is 0.338 e. The average Bonchev–Trinajstić information content (AvgIpc) is 2.76. The van der Waals surface area contributed by atoms with Crippen molar-refractivity contribution in [3.8, 4) is 17.2 Å². The lowest BCUT2D eigenvalue weighted by Gasteiger charge is -2.21. The van der Waals surface area contributed by atoms with Gasteiger partial charge in [0, 0.05) is 24.7 Å². The van der Waals surface area contributed by atoms with Crippen LogP contribution in [0, 0.1) is 0 Å². The fraction of sp³-hybridized carbons (Fsp3) is 0.286. The van der Waals surface area contributed by atoms with E-state index in [9.17, 15) is 14.4 Å². The molecule has 30 heavy (non-hydrogen) atoms. The third-order valence-electron chi connectivity index (χ3n) is 4.35. The quantitative estimate of drug-likeness (QED) is 0.617. The first kappa shape index (κ1) is 22.5. The normalized spacial score (nSPS) is 10.1. The molecule has 0 bridgehead atoms. The molecule has 0 aliphatic carbocycles. The predicted octanol–water partition coefficient (Wildman–Crippen LogP) is 1.63. The van der Waals surface area contributed by atoms with Gasteiger partial charge >= 0.3 is 5.97 Å². The summed E-state index contributed by atoms with van der Waals surface area (Å²) in [6.07, 6.45) is 0. The third kappa shape index (κ3) is 5.19. The Morgan fingerprint density at radius 2 is 1.47 bits per heavy atom. The van der Waals surface area contributed by atoms with Gasteiger partial charge in [0.2, 0.25) is 11.7 Å². The second-order valence-electron chi connectivity index (χ2n) is 6.26. The van der Waals surface area contributed by atoms with Crippen LogP contribution in [0.1, 0.15) is 26.3 Å². The van der Waals surface area contributed by atoms with Gasteiger partial charge in [0.05, 0.1) is 26.9 Å². The third-order valence-corrected chi connectivity index (χ3v) is 4.35. The van der Waals surface area contributed by atoms with Crippen LogP contribution in [-0.4, -0.2) is 57.7 Å². The second kappa shape index (κ2) is 10.1. The largest absolute Gasteiger partial charge is 0.493 e. The molecule has 0 atom stereocenters. The minimum atomic E-state index is -0.684. The summed E-state index contributed by atoms with van der Waals surface area (Å²) in [6.45, 7) is -0.240. The molecule has 9 heteroatoms. The van der Waals surface area contributed by atoms with Gasteiger partial charge in [-0.2, -0.15) is 0 Å². The maximum absolute atomic E-state index is 12.4. The molecule has 160 valence electrons. The van der Waals surface area contributed by atoms with Crippen molar-refractivity contribution in [3.63, 3.8) is 0 Å². The van der Waals surface area contributed by atoms with E-state index >= 15 is 0 Å². The summed E-state index contributed by atoms with van der Waals surface area (Å²) in [5.74, 6) is -0.321. The van der Waals surface area contributed by atoms with Crippen molar-refractivity contribution in [2.45, 2.75) is 6.54 Å². The number of carbonyl (C=O) groups is 3. The van der Waals surface area contributed by atoms with Gasteiger partial charge in [0.25, 0.3) is 5.91 Å². The highest BCUT2D eigenvalue weighted by molar-refractivity contribution is 5.95. The second-order valence-corrected chi connectivity index (χ2v) is 6.26. The van der Waals surface area contributed by atoms with Crippen molar-refractivity contribution in [3.05, 3.63) is 53.1 Å². The van der Waals surface area contributed by atoms with Crippen LogP contribution in [0.3, 0.4) is 0 Å². The Morgan fingerprint density at radius 1 is 0.867 bits per heavy atom. The minimum absolute atomic E-state index is 0.202. The smallest absolute Gasteiger partial charge is 0.338 e. The molecule has 2 aromatic rings. The number of amides is 2. The number of methoxy groups -OCH3 is 3. The van der Waals surface area contributed by atoms with Crippen LogP contribution in [0.15, 0.2) is 36.4 Å². The van der Waals surface area contributed by atoms with E-state index in [0.717, 1.165) is 0 Å². The lowest BCUT2D eigenvalue weighted by Crippen LogP contribution is -2.31. The van der Waals surface area contributed by atoms with Gasteiger partial charge in [-0.3, -0.25) is 9.59 Å². The standard InChI is InChI=1S/C21H24N2O7/c1-23(11-15-9-10-16(27-2)19(29-4)18(15)28-3)17(24)12-30-21(26)14-7-5-13(6-8-14)20(22)25/h5-10H,11-12H2,1-4H3,(H2,22,25). The van der Waals surface area contributed by atoms with Gasteiger partial charge in [-0.25, -0.2) is 4.79 Å². The van der Waals surface area contributed by atoms with Gasteiger partial charge < -0.3 is 29.6 Å². The first-order valence-corrected chi connectivity index (χ1v) is 8.91. The summed E-state index contributed by atoms with van der Waals surface area (Å²) >= 11 is 0. The van der Waals surface area contributed by atoms with Crippen LogP contribution >= 0.6 is 0 Å². The lowest BCUT2D eigenvalue weighted by atomic mass is 10.1. The van der Waals surface area contributed by atoms with Gasteiger partial charge in [-0.15, -0.1) is 0 Å². The van der Waals surface area contributed by atoms with Crippen molar-refractivity contribution in [1.29, 1.82) is 0 Å². The summed E-state index contributed by atoms with van der Waals surface area (Å²) < 4.78 is 21.1. The Kier molecular flexibility index (Phi) is 7.62. The van der Waals surface area contributed by atoms with Crippen molar-refractivity contribution in [2.24, 2.45) is 5.73 Å². The minimum Gasteiger partial charge on any atom is -0.493 e. The van der Waals surface area contributed by atoms with Crippen LogP contribution in [0.5, 0.6) is 17.2 Å². The van der Waals surface area contributed by atoms with E-state index in [-0.39, 0.29) is 17.7 Å². The molecule has 0 heterocycles. The number of nitrogens with zero attached hydrogens (tertiary/aromatic N) is 1. The number of esters is 1. The fourth-order valence-electron chi connectivity index (χ4n) is 2.72. The van der Waals surface area contributed by atoms with Gasteiger partial charge in [0.15, 0.2) is 18.1 Å². The molecule has 0 saturated heterocycles. The van der Waals surface area contributed by atoms with E-state index in [1.54, 1.807) is 19.2 Å². The van der Waals surface area contributed by atoms with Crippen LogP contribution < -0.4 is 19.9 Å². The topological polar surface area (TPSA) is 117 Å². The van der Waals surface area contributed by atoms with Crippen LogP contribution in [0.4, 0.5) is 0 Å². The first-order valence-electron chi connectivity index (χ1n) is 8.91. The Morgan fingerprint density at radius 3 is 2.00 bits per heavy atom. The summed E-state index contributed by atoms with van der Waals surface area (Å²) in [5, 5.41) is 0. The number of carbonyl (C=O) groups excluding carboxylic acids is 3. The Labute approximate surface area is 174 Å². The molecule has 2 N–H and O–H groups in total. The highest BCUT2D eigenvalue weighted by Gasteiger charge is 2.19. The number of likely N-dealkylation sites (N-methyl/N-ethyl adjacent to an activating group) is 1. The van der Waals surface area contributed by atoms with Crippen LogP contribution in [0.2, 0.25) is 0 Å². The van der Waals surface area contributed by atoms with Gasteiger partial charge in [-0.1, -0.05) is 0 Å². The number of ether oxygens (including phenoxy) is 4. The SMILES string of the molecule is COc1ccc(CN(C)C(=O)COC(=O)c2ccc(C(N)=O)cc2)c(OC)c1OC. The van der Waals surface area contributed by atoms with Crippen molar-refractivity contribution in [2.75, 3.05) is 35.0 Å². The molecular weight excluding hydrogens is 392 g/mol. The molecular formula is C21H24N2O7.